The van der Waals surface area contributed by atoms with Gasteiger partial charge in [0.15, 0.2) is 5.13 Å². The van der Waals surface area contributed by atoms with Crippen LogP contribution in [0.3, 0.4) is 0 Å². The van der Waals surface area contributed by atoms with E-state index < -0.39 is 5.97 Å². The van der Waals surface area contributed by atoms with Gasteiger partial charge in [-0.25, -0.2) is 4.98 Å². The Balaban J connectivity index is 1.82. The van der Waals surface area contributed by atoms with E-state index in [1.165, 1.54) is 11.3 Å². The van der Waals surface area contributed by atoms with Crippen LogP contribution in [0.4, 0.5) is 5.13 Å². The molecule has 0 saturated carbocycles. The number of carboxylic acids is 1. The SMILES string of the molecule is Cc1nc(NC(=O)CN2CCCC(C(=O)NCC(=O)O)C2)sc1C. The van der Waals surface area contributed by atoms with Crippen molar-refractivity contribution in [3.63, 3.8) is 0 Å². The van der Waals surface area contributed by atoms with Gasteiger partial charge in [-0.2, -0.15) is 0 Å². The number of aryl methyl sites for hydroxylation is 2. The Hall–Kier alpha value is -2.00. The van der Waals surface area contributed by atoms with Crippen LogP contribution in [0.2, 0.25) is 0 Å². The summed E-state index contributed by atoms with van der Waals surface area (Å²) in [7, 11) is 0. The van der Waals surface area contributed by atoms with Crippen LogP contribution in [0.5, 0.6) is 0 Å². The summed E-state index contributed by atoms with van der Waals surface area (Å²) >= 11 is 1.44. The highest BCUT2D eigenvalue weighted by atomic mass is 32.1. The lowest BCUT2D eigenvalue weighted by Crippen LogP contribution is -2.46. The molecule has 3 N–H and O–H groups in total. The third-order valence-corrected chi connectivity index (χ3v) is 4.92. The normalized spacial score (nSPS) is 18.2. The van der Waals surface area contributed by atoms with Gasteiger partial charge in [0.2, 0.25) is 11.8 Å². The Morgan fingerprint density at radius 3 is 2.75 bits per heavy atom. The lowest BCUT2D eigenvalue weighted by atomic mass is 9.97. The maximum absolute atomic E-state index is 12.1. The van der Waals surface area contributed by atoms with E-state index in [1.807, 2.05) is 18.7 Å². The molecule has 0 spiro atoms. The molecule has 24 heavy (non-hydrogen) atoms. The van der Waals surface area contributed by atoms with E-state index in [-0.39, 0.29) is 30.8 Å². The van der Waals surface area contributed by atoms with Crippen molar-refractivity contribution in [2.45, 2.75) is 26.7 Å². The predicted molar refractivity (Wildman–Crippen MR) is 90.0 cm³/mol. The number of hydrogen-bond donors (Lipinski definition) is 3. The molecule has 2 amide bonds. The first-order chi connectivity index (χ1) is 11.3. The topological polar surface area (TPSA) is 112 Å². The van der Waals surface area contributed by atoms with Gasteiger partial charge < -0.3 is 15.7 Å². The minimum Gasteiger partial charge on any atom is -0.480 e. The first-order valence-corrected chi connectivity index (χ1v) is 8.62. The van der Waals surface area contributed by atoms with Crippen LogP contribution in [0, 0.1) is 19.8 Å². The molecular weight excluding hydrogens is 332 g/mol. The van der Waals surface area contributed by atoms with Crippen molar-refractivity contribution in [2.24, 2.45) is 5.92 Å². The van der Waals surface area contributed by atoms with Crippen LogP contribution < -0.4 is 10.6 Å². The number of aromatic nitrogens is 1. The van der Waals surface area contributed by atoms with Crippen LogP contribution >= 0.6 is 11.3 Å². The molecule has 0 aromatic carbocycles. The van der Waals surface area contributed by atoms with Crippen molar-refractivity contribution >= 4 is 34.3 Å². The minimum atomic E-state index is -1.07. The predicted octanol–water partition coefficient (Wildman–Crippen LogP) is 0.611. The average molecular weight is 354 g/mol. The zero-order valence-corrected chi connectivity index (χ0v) is 14.6. The summed E-state index contributed by atoms with van der Waals surface area (Å²) in [5, 5.41) is 14.4. The molecule has 2 heterocycles. The number of nitrogens with zero attached hydrogens (tertiary/aromatic N) is 2. The number of amides is 2. The van der Waals surface area contributed by atoms with Crippen molar-refractivity contribution in [2.75, 3.05) is 31.5 Å². The molecule has 8 nitrogen and oxygen atoms in total. The Kier molecular flexibility index (Phi) is 6.27. The summed E-state index contributed by atoms with van der Waals surface area (Å²) in [6.45, 7) is 4.86. The number of anilines is 1. The van der Waals surface area contributed by atoms with Crippen molar-refractivity contribution < 1.29 is 19.5 Å². The maximum Gasteiger partial charge on any atom is 0.322 e. The first kappa shape index (κ1) is 18.3. The number of carbonyl (C=O) groups is 3. The maximum atomic E-state index is 12.1. The lowest BCUT2D eigenvalue weighted by molar-refractivity contribution is -0.138. The molecule has 2 rings (SSSR count). The van der Waals surface area contributed by atoms with E-state index in [0.29, 0.717) is 18.1 Å². The summed E-state index contributed by atoms with van der Waals surface area (Å²) in [5.74, 6) is -1.77. The van der Waals surface area contributed by atoms with Gasteiger partial charge in [0, 0.05) is 11.4 Å². The lowest BCUT2D eigenvalue weighted by Gasteiger charge is -2.31. The number of rotatable bonds is 6. The molecular formula is C15H22N4O4S. The van der Waals surface area contributed by atoms with Gasteiger partial charge in [0.1, 0.15) is 6.54 Å². The van der Waals surface area contributed by atoms with E-state index in [0.717, 1.165) is 23.5 Å². The molecule has 1 aromatic heterocycles. The Labute approximate surface area is 144 Å². The molecule has 0 bridgehead atoms. The Morgan fingerprint density at radius 1 is 1.38 bits per heavy atom. The monoisotopic (exact) mass is 354 g/mol. The number of likely N-dealkylation sites (tertiary alicyclic amines) is 1. The van der Waals surface area contributed by atoms with Gasteiger partial charge in [0.25, 0.3) is 0 Å². The highest BCUT2D eigenvalue weighted by Gasteiger charge is 2.27. The number of nitrogens with one attached hydrogen (secondary N) is 2. The highest BCUT2D eigenvalue weighted by molar-refractivity contribution is 7.15. The van der Waals surface area contributed by atoms with Gasteiger partial charge in [0.05, 0.1) is 18.2 Å². The first-order valence-electron chi connectivity index (χ1n) is 7.81. The van der Waals surface area contributed by atoms with Gasteiger partial charge in [-0.1, -0.05) is 0 Å². The van der Waals surface area contributed by atoms with Crippen LogP contribution in [0.25, 0.3) is 0 Å². The molecule has 1 aromatic rings. The fourth-order valence-corrected chi connectivity index (χ4v) is 3.44. The molecule has 0 radical (unpaired) electrons. The van der Waals surface area contributed by atoms with Crippen molar-refractivity contribution in [1.29, 1.82) is 0 Å². The summed E-state index contributed by atoms with van der Waals surface area (Å²) in [4.78, 5) is 41.9. The average Bonchev–Trinajstić information content (AvgIpc) is 2.82. The highest BCUT2D eigenvalue weighted by Crippen LogP contribution is 2.21. The number of carboxylic acid groups (broad SMARTS) is 1. The fourth-order valence-electron chi connectivity index (χ4n) is 2.61. The molecule has 1 fully saturated rings. The number of hydrogen-bond acceptors (Lipinski definition) is 6. The van der Waals surface area contributed by atoms with Crippen molar-refractivity contribution in [3.8, 4) is 0 Å². The second-order valence-corrected chi connectivity index (χ2v) is 7.10. The Morgan fingerprint density at radius 2 is 2.12 bits per heavy atom. The molecule has 132 valence electrons. The van der Waals surface area contributed by atoms with E-state index in [9.17, 15) is 14.4 Å². The number of carbonyl (C=O) groups excluding carboxylic acids is 2. The van der Waals surface area contributed by atoms with Gasteiger partial charge in [-0.3, -0.25) is 19.3 Å². The van der Waals surface area contributed by atoms with E-state index in [1.54, 1.807) is 0 Å². The molecule has 1 aliphatic heterocycles. The third kappa shape index (κ3) is 5.27. The van der Waals surface area contributed by atoms with Gasteiger partial charge >= 0.3 is 5.97 Å². The zero-order valence-electron chi connectivity index (χ0n) is 13.8. The van der Waals surface area contributed by atoms with Crippen LogP contribution in [-0.4, -0.2) is 59.0 Å². The molecule has 9 heteroatoms. The van der Waals surface area contributed by atoms with Gasteiger partial charge in [-0.05, 0) is 33.2 Å². The molecule has 1 saturated heterocycles. The Bertz CT molecular complexity index is 611. The van der Waals surface area contributed by atoms with Crippen molar-refractivity contribution in [1.82, 2.24) is 15.2 Å². The third-order valence-electron chi connectivity index (χ3n) is 3.93. The number of piperidine rings is 1. The zero-order chi connectivity index (χ0) is 17.7. The van der Waals surface area contributed by atoms with E-state index in [4.69, 9.17) is 5.11 Å². The second-order valence-electron chi connectivity index (χ2n) is 5.89. The smallest absolute Gasteiger partial charge is 0.322 e. The van der Waals surface area contributed by atoms with Crippen LogP contribution in [0.15, 0.2) is 0 Å². The summed E-state index contributed by atoms with van der Waals surface area (Å²) < 4.78 is 0. The summed E-state index contributed by atoms with van der Waals surface area (Å²) in [6, 6.07) is 0. The molecule has 1 unspecified atom stereocenters. The minimum absolute atomic E-state index is 0.157. The molecule has 1 atom stereocenters. The largest absolute Gasteiger partial charge is 0.480 e. The quantitative estimate of drug-likeness (QED) is 0.690. The second kappa shape index (κ2) is 8.20. The van der Waals surface area contributed by atoms with E-state index in [2.05, 4.69) is 15.6 Å². The van der Waals surface area contributed by atoms with E-state index >= 15 is 0 Å². The molecule has 1 aliphatic rings. The van der Waals surface area contributed by atoms with Crippen LogP contribution in [-0.2, 0) is 14.4 Å². The van der Waals surface area contributed by atoms with Crippen LogP contribution in [0.1, 0.15) is 23.4 Å². The van der Waals surface area contributed by atoms with Crippen molar-refractivity contribution in [3.05, 3.63) is 10.6 Å². The standard InChI is InChI=1S/C15H22N4O4S/c1-9-10(2)24-15(17-9)18-12(20)8-19-5-3-4-11(7-19)14(23)16-6-13(21)22/h11H,3-8H2,1-2H3,(H,16,23)(H,21,22)(H,17,18,20). The summed E-state index contributed by atoms with van der Waals surface area (Å²) in [6.07, 6.45) is 1.50. The fraction of sp³-hybridized carbons (Fsp3) is 0.600. The van der Waals surface area contributed by atoms with Gasteiger partial charge in [-0.15, -0.1) is 11.3 Å². The number of thiazole rings is 1. The summed E-state index contributed by atoms with van der Waals surface area (Å²) in [5.41, 5.74) is 0.906. The molecule has 0 aliphatic carbocycles. The number of aliphatic carboxylic acids is 1.